The summed E-state index contributed by atoms with van der Waals surface area (Å²) in [6.07, 6.45) is 4.46. The van der Waals surface area contributed by atoms with Crippen molar-refractivity contribution < 1.29 is 19.0 Å². The number of amides is 1. The Labute approximate surface area is 163 Å². The molecule has 0 saturated carbocycles. The number of ether oxygens (including phenoxy) is 3. The lowest BCUT2D eigenvalue weighted by molar-refractivity contribution is -0.181. The first-order valence-electron chi connectivity index (χ1n) is 9.44. The van der Waals surface area contributed by atoms with E-state index in [2.05, 4.69) is 15.3 Å². The normalized spacial score (nSPS) is 18.2. The van der Waals surface area contributed by atoms with E-state index in [1.165, 1.54) is 6.20 Å². The summed E-state index contributed by atoms with van der Waals surface area (Å²) in [6.45, 7) is 2.99. The number of methoxy groups -OCH3 is 1. The van der Waals surface area contributed by atoms with Crippen LogP contribution >= 0.6 is 0 Å². The van der Waals surface area contributed by atoms with Crippen molar-refractivity contribution in [2.45, 2.75) is 25.2 Å². The molecule has 2 aliphatic heterocycles. The molecule has 148 valence electrons. The Morgan fingerprint density at radius 3 is 2.61 bits per heavy atom. The van der Waals surface area contributed by atoms with Crippen LogP contribution in [-0.4, -0.2) is 60.0 Å². The van der Waals surface area contributed by atoms with Gasteiger partial charge in [0, 0.05) is 38.0 Å². The zero-order valence-corrected chi connectivity index (χ0v) is 15.9. The minimum atomic E-state index is -0.491. The van der Waals surface area contributed by atoms with Crippen molar-refractivity contribution in [1.82, 2.24) is 14.9 Å². The number of anilines is 1. The Morgan fingerprint density at radius 1 is 1.18 bits per heavy atom. The second-order valence-electron chi connectivity index (χ2n) is 6.85. The molecule has 2 aliphatic rings. The van der Waals surface area contributed by atoms with Crippen molar-refractivity contribution >= 4 is 11.7 Å². The zero-order valence-electron chi connectivity index (χ0n) is 15.9. The number of piperidine rings is 1. The monoisotopic (exact) mass is 384 g/mol. The molecule has 8 heteroatoms. The lowest BCUT2D eigenvalue weighted by Gasteiger charge is -2.37. The van der Waals surface area contributed by atoms with Crippen molar-refractivity contribution in [1.29, 1.82) is 0 Å². The van der Waals surface area contributed by atoms with Crippen LogP contribution in [0.15, 0.2) is 36.7 Å². The number of hydrogen-bond acceptors (Lipinski definition) is 7. The van der Waals surface area contributed by atoms with Gasteiger partial charge < -0.3 is 24.4 Å². The average Bonchev–Trinajstić information content (AvgIpc) is 3.21. The van der Waals surface area contributed by atoms with Crippen molar-refractivity contribution in [3.8, 4) is 5.75 Å². The van der Waals surface area contributed by atoms with E-state index in [0.717, 1.165) is 11.3 Å². The Balaban J connectivity index is 1.33. The van der Waals surface area contributed by atoms with Crippen LogP contribution in [0.5, 0.6) is 5.75 Å². The van der Waals surface area contributed by atoms with Gasteiger partial charge in [-0.1, -0.05) is 18.2 Å². The Hall–Kier alpha value is -2.71. The molecular weight excluding hydrogens is 360 g/mol. The van der Waals surface area contributed by atoms with E-state index >= 15 is 0 Å². The first-order chi connectivity index (χ1) is 13.7. The molecule has 1 N–H and O–H groups in total. The van der Waals surface area contributed by atoms with Crippen LogP contribution in [0.25, 0.3) is 0 Å². The highest BCUT2D eigenvalue weighted by Gasteiger charge is 2.41. The molecule has 4 rings (SSSR count). The Morgan fingerprint density at radius 2 is 1.93 bits per heavy atom. The number of benzene rings is 1. The highest BCUT2D eigenvalue weighted by atomic mass is 16.7. The van der Waals surface area contributed by atoms with Crippen molar-refractivity contribution in [3.05, 3.63) is 47.9 Å². The molecule has 8 nitrogen and oxygen atoms in total. The highest BCUT2D eigenvalue weighted by molar-refractivity contribution is 5.92. The topological polar surface area (TPSA) is 85.8 Å². The van der Waals surface area contributed by atoms with E-state index < -0.39 is 5.79 Å². The third-order valence-corrected chi connectivity index (χ3v) is 5.15. The number of para-hydroxylation sites is 1. The maximum atomic E-state index is 12.7. The van der Waals surface area contributed by atoms with Gasteiger partial charge in [-0.25, -0.2) is 9.97 Å². The van der Waals surface area contributed by atoms with Gasteiger partial charge in [-0.3, -0.25) is 4.79 Å². The predicted octanol–water partition coefficient (Wildman–Crippen LogP) is 2.08. The largest absolute Gasteiger partial charge is 0.496 e. The molecule has 1 spiro atoms. The fraction of sp³-hybridized carbons (Fsp3) is 0.450. The van der Waals surface area contributed by atoms with Crippen molar-refractivity contribution in [3.63, 3.8) is 0 Å². The summed E-state index contributed by atoms with van der Waals surface area (Å²) < 4.78 is 16.8. The molecule has 0 radical (unpaired) electrons. The molecule has 1 aromatic carbocycles. The van der Waals surface area contributed by atoms with Gasteiger partial charge in [-0.2, -0.15) is 0 Å². The van der Waals surface area contributed by atoms with E-state index in [1.807, 2.05) is 24.3 Å². The number of nitrogens with one attached hydrogen (secondary N) is 1. The third kappa shape index (κ3) is 3.93. The number of hydrogen-bond donors (Lipinski definition) is 1. The van der Waals surface area contributed by atoms with Crippen LogP contribution in [0.3, 0.4) is 0 Å². The van der Waals surface area contributed by atoms with Crippen LogP contribution in [-0.2, 0) is 16.0 Å². The van der Waals surface area contributed by atoms with Crippen LogP contribution in [0.1, 0.15) is 28.9 Å². The summed E-state index contributed by atoms with van der Waals surface area (Å²) in [5, 5.41) is 3.20. The molecule has 0 atom stereocenters. The molecule has 3 heterocycles. The van der Waals surface area contributed by atoms with E-state index in [0.29, 0.717) is 57.2 Å². The fourth-order valence-corrected chi connectivity index (χ4v) is 3.56. The smallest absolute Gasteiger partial charge is 0.274 e. The van der Waals surface area contributed by atoms with Gasteiger partial charge in [0.15, 0.2) is 5.79 Å². The van der Waals surface area contributed by atoms with Gasteiger partial charge in [0.2, 0.25) is 0 Å². The minimum Gasteiger partial charge on any atom is -0.496 e. The SMILES string of the molecule is COc1ccccc1CNc1cnc(C(=O)N2CCC3(CC2)OCCO3)cn1. The van der Waals surface area contributed by atoms with Crippen LogP contribution in [0.4, 0.5) is 5.82 Å². The van der Waals surface area contributed by atoms with Gasteiger partial charge in [0.25, 0.3) is 5.91 Å². The summed E-state index contributed by atoms with van der Waals surface area (Å²) in [4.78, 5) is 23.1. The average molecular weight is 384 g/mol. The number of likely N-dealkylation sites (tertiary alicyclic amines) is 1. The quantitative estimate of drug-likeness (QED) is 0.845. The molecule has 0 unspecified atom stereocenters. The standard InChI is InChI=1S/C20H24N4O4/c1-26-17-5-3-2-4-15(17)12-22-18-14-21-16(13-23-18)19(25)24-8-6-20(7-9-24)27-10-11-28-20/h2-5,13-14H,6-12H2,1H3,(H,22,23). The number of carbonyl (C=O) groups is 1. The van der Waals surface area contributed by atoms with Crippen LogP contribution < -0.4 is 10.1 Å². The van der Waals surface area contributed by atoms with E-state index in [9.17, 15) is 4.79 Å². The van der Waals surface area contributed by atoms with Crippen molar-refractivity contribution in [2.24, 2.45) is 0 Å². The summed E-state index contributed by atoms with van der Waals surface area (Å²) >= 11 is 0. The number of nitrogens with zero attached hydrogens (tertiary/aromatic N) is 3. The Bertz CT molecular complexity index is 811. The molecule has 28 heavy (non-hydrogen) atoms. The molecular formula is C20H24N4O4. The third-order valence-electron chi connectivity index (χ3n) is 5.15. The molecule has 2 saturated heterocycles. The summed E-state index contributed by atoms with van der Waals surface area (Å²) in [5.74, 6) is 0.812. The number of carbonyl (C=O) groups excluding carboxylic acids is 1. The minimum absolute atomic E-state index is 0.114. The van der Waals surface area contributed by atoms with Gasteiger partial charge in [0.1, 0.15) is 17.3 Å². The maximum Gasteiger partial charge on any atom is 0.274 e. The zero-order chi connectivity index (χ0) is 19.4. The van der Waals surface area contributed by atoms with E-state index in [1.54, 1.807) is 18.2 Å². The van der Waals surface area contributed by atoms with Gasteiger partial charge in [0.05, 0.1) is 32.7 Å². The summed E-state index contributed by atoms with van der Waals surface area (Å²) in [6, 6.07) is 7.78. The summed E-state index contributed by atoms with van der Waals surface area (Å²) in [5.41, 5.74) is 1.36. The number of aromatic nitrogens is 2. The van der Waals surface area contributed by atoms with Gasteiger partial charge in [-0.15, -0.1) is 0 Å². The molecule has 0 aliphatic carbocycles. The highest BCUT2D eigenvalue weighted by Crippen LogP contribution is 2.31. The van der Waals surface area contributed by atoms with Crippen molar-refractivity contribution in [2.75, 3.05) is 38.7 Å². The van der Waals surface area contributed by atoms with Crippen LogP contribution in [0.2, 0.25) is 0 Å². The fourth-order valence-electron chi connectivity index (χ4n) is 3.56. The predicted molar refractivity (Wildman–Crippen MR) is 102 cm³/mol. The molecule has 2 fully saturated rings. The molecule has 1 aromatic heterocycles. The van der Waals surface area contributed by atoms with E-state index in [4.69, 9.17) is 14.2 Å². The van der Waals surface area contributed by atoms with Gasteiger partial charge >= 0.3 is 0 Å². The maximum absolute atomic E-state index is 12.7. The molecule has 0 bridgehead atoms. The molecule has 1 amide bonds. The second-order valence-corrected chi connectivity index (χ2v) is 6.85. The number of rotatable bonds is 5. The molecule has 2 aromatic rings. The van der Waals surface area contributed by atoms with E-state index in [-0.39, 0.29) is 5.91 Å². The lowest BCUT2D eigenvalue weighted by atomic mass is 10.0. The van der Waals surface area contributed by atoms with Gasteiger partial charge in [-0.05, 0) is 6.07 Å². The first-order valence-corrected chi connectivity index (χ1v) is 9.44. The van der Waals surface area contributed by atoms with Crippen LogP contribution in [0, 0.1) is 0 Å². The second kappa shape index (κ2) is 8.12. The summed E-state index contributed by atoms with van der Waals surface area (Å²) in [7, 11) is 1.65. The first kappa shape index (κ1) is 18.6. The Kier molecular flexibility index (Phi) is 5.40. The lowest BCUT2D eigenvalue weighted by Crippen LogP contribution is -2.47.